The van der Waals surface area contributed by atoms with Crippen LogP contribution in [0.5, 0.6) is 0 Å². The van der Waals surface area contributed by atoms with Gasteiger partial charge in [-0.05, 0) is 49.9 Å². The van der Waals surface area contributed by atoms with Crippen molar-refractivity contribution in [3.05, 3.63) is 59.7 Å². The van der Waals surface area contributed by atoms with E-state index in [1.54, 1.807) is 20.8 Å². The van der Waals surface area contributed by atoms with Crippen molar-refractivity contribution in [2.45, 2.75) is 45.8 Å². The molecule has 0 aliphatic rings. The van der Waals surface area contributed by atoms with Gasteiger partial charge in [-0.3, -0.25) is 0 Å². The largest absolute Gasteiger partial charge is 0.467 e. The van der Waals surface area contributed by atoms with Crippen molar-refractivity contribution in [2.24, 2.45) is 0 Å². The van der Waals surface area contributed by atoms with Crippen molar-refractivity contribution in [1.82, 2.24) is 5.32 Å². The van der Waals surface area contributed by atoms with E-state index in [0.29, 0.717) is 6.42 Å². The first-order valence-corrected chi connectivity index (χ1v) is 8.92. The highest BCUT2D eigenvalue weighted by atomic mass is 16.6. The quantitative estimate of drug-likeness (QED) is 0.800. The summed E-state index contributed by atoms with van der Waals surface area (Å²) in [7, 11) is 1.30. The highest BCUT2D eigenvalue weighted by Crippen LogP contribution is 2.23. The van der Waals surface area contributed by atoms with E-state index in [0.717, 1.165) is 11.1 Å². The summed E-state index contributed by atoms with van der Waals surface area (Å²) >= 11 is 0. The summed E-state index contributed by atoms with van der Waals surface area (Å²) in [6, 6.07) is 15.3. The van der Waals surface area contributed by atoms with Crippen molar-refractivity contribution >= 4 is 12.1 Å². The number of ether oxygens (including phenoxy) is 2. The smallest absolute Gasteiger partial charge is 0.408 e. The molecule has 0 saturated carbocycles. The predicted molar refractivity (Wildman–Crippen MR) is 105 cm³/mol. The molecule has 1 atom stereocenters. The summed E-state index contributed by atoms with van der Waals surface area (Å²) in [5.41, 5.74) is 3.75. The molecule has 5 nitrogen and oxygen atoms in total. The summed E-state index contributed by atoms with van der Waals surface area (Å²) < 4.78 is 10.0. The first-order valence-electron chi connectivity index (χ1n) is 8.92. The highest BCUT2D eigenvalue weighted by molar-refractivity contribution is 5.81. The van der Waals surface area contributed by atoms with Crippen molar-refractivity contribution in [3.63, 3.8) is 0 Å². The van der Waals surface area contributed by atoms with Gasteiger partial charge in [0.15, 0.2) is 0 Å². The van der Waals surface area contributed by atoms with Gasteiger partial charge in [-0.15, -0.1) is 0 Å². The molecule has 0 spiro atoms. The van der Waals surface area contributed by atoms with Crippen LogP contribution in [0, 0.1) is 6.92 Å². The second-order valence-corrected chi connectivity index (χ2v) is 7.44. The molecular formula is C22H27NO4. The minimum atomic E-state index is -0.811. The van der Waals surface area contributed by atoms with Crippen LogP contribution in [-0.2, 0) is 20.7 Å². The van der Waals surface area contributed by atoms with Crippen LogP contribution >= 0.6 is 0 Å². The average Bonchev–Trinajstić information content (AvgIpc) is 2.60. The van der Waals surface area contributed by atoms with Crippen LogP contribution in [0.3, 0.4) is 0 Å². The van der Waals surface area contributed by atoms with Gasteiger partial charge in [0.25, 0.3) is 0 Å². The molecule has 0 aromatic heterocycles. The van der Waals surface area contributed by atoms with Gasteiger partial charge in [0.2, 0.25) is 0 Å². The fourth-order valence-corrected chi connectivity index (χ4v) is 2.74. The Bertz CT molecular complexity index is 791. The van der Waals surface area contributed by atoms with Gasteiger partial charge < -0.3 is 14.8 Å². The van der Waals surface area contributed by atoms with Gasteiger partial charge >= 0.3 is 12.1 Å². The van der Waals surface area contributed by atoms with E-state index in [-0.39, 0.29) is 0 Å². The molecule has 0 aliphatic heterocycles. The predicted octanol–water partition coefficient (Wildman–Crippen LogP) is 4.27. The van der Waals surface area contributed by atoms with Crippen LogP contribution < -0.4 is 5.32 Å². The topological polar surface area (TPSA) is 64.6 Å². The minimum Gasteiger partial charge on any atom is -0.467 e. The molecule has 1 N–H and O–H groups in total. The second-order valence-electron chi connectivity index (χ2n) is 7.44. The molecule has 0 radical (unpaired) electrons. The van der Waals surface area contributed by atoms with Crippen LogP contribution in [0.1, 0.15) is 31.9 Å². The SMILES string of the molecule is COC(=O)[C@H](Cc1ccc(-c2ccccc2C)cc1)NC(=O)OC(C)(C)C. The number of hydrogen-bond donors (Lipinski definition) is 1. The van der Waals surface area contributed by atoms with E-state index in [2.05, 4.69) is 24.4 Å². The molecule has 0 unspecified atom stereocenters. The maximum absolute atomic E-state index is 12.1. The Balaban J connectivity index is 2.12. The lowest BCUT2D eigenvalue weighted by atomic mass is 9.98. The fraction of sp³-hybridized carbons (Fsp3) is 0.364. The molecular weight excluding hydrogens is 342 g/mol. The number of benzene rings is 2. The van der Waals surface area contributed by atoms with E-state index in [1.807, 2.05) is 36.4 Å². The lowest BCUT2D eigenvalue weighted by molar-refractivity contribution is -0.143. The maximum atomic E-state index is 12.1. The molecule has 2 aromatic rings. The van der Waals surface area contributed by atoms with Crippen LogP contribution in [0.4, 0.5) is 4.79 Å². The zero-order chi connectivity index (χ0) is 20.0. The molecule has 0 heterocycles. The number of alkyl carbamates (subject to hydrolysis) is 1. The third-order valence-electron chi connectivity index (χ3n) is 4.03. The summed E-state index contributed by atoms with van der Waals surface area (Å²) in [5.74, 6) is -0.510. The first-order chi connectivity index (χ1) is 12.7. The van der Waals surface area contributed by atoms with Crippen molar-refractivity contribution in [1.29, 1.82) is 0 Å². The van der Waals surface area contributed by atoms with Crippen LogP contribution in [0.15, 0.2) is 48.5 Å². The Morgan fingerprint density at radius 1 is 1.04 bits per heavy atom. The summed E-state index contributed by atoms with van der Waals surface area (Å²) in [4.78, 5) is 24.1. The van der Waals surface area contributed by atoms with E-state index < -0.39 is 23.7 Å². The average molecular weight is 369 g/mol. The number of methoxy groups -OCH3 is 1. The molecule has 0 fully saturated rings. The van der Waals surface area contributed by atoms with Gasteiger partial charge in [0, 0.05) is 6.42 Å². The number of amides is 1. The normalized spacial score (nSPS) is 12.2. The Morgan fingerprint density at radius 2 is 1.67 bits per heavy atom. The molecule has 0 saturated heterocycles. The molecule has 2 rings (SSSR count). The number of nitrogens with one attached hydrogen (secondary N) is 1. The third-order valence-corrected chi connectivity index (χ3v) is 4.03. The standard InChI is InChI=1S/C22H27NO4/c1-15-8-6-7-9-18(15)17-12-10-16(11-13-17)14-19(20(24)26-5)23-21(25)27-22(2,3)4/h6-13,19H,14H2,1-5H3,(H,23,25)/t19-/m0/s1. The monoisotopic (exact) mass is 369 g/mol. The number of hydrogen-bond acceptors (Lipinski definition) is 4. The Morgan fingerprint density at radius 3 is 2.22 bits per heavy atom. The number of rotatable bonds is 5. The molecule has 0 aliphatic carbocycles. The summed E-state index contributed by atoms with van der Waals surface area (Å²) in [6.07, 6.45) is -0.325. The Labute approximate surface area is 160 Å². The second kappa shape index (κ2) is 8.71. The lowest BCUT2D eigenvalue weighted by Crippen LogP contribution is -2.45. The minimum absolute atomic E-state index is 0.319. The number of esters is 1. The van der Waals surface area contributed by atoms with E-state index >= 15 is 0 Å². The molecule has 0 bridgehead atoms. The van der Waals surface area contributed by atoms with E-state index in [4.69, 9.17) is 9.47 Å². The van der Waals surface area contributed by atoms with E-state index in [9.17, 15) is 9.59 Å². The lowest BCUT2D eigenvalue weighted by Gasteiger charge is -2.22. The number of aryl methyl sites for hydroxylation is 1. The van der Waals surface area contributed by atoms with Crippen molar-refractivity contribution in [3.8, 4) is 11.1 Å². The highest BCUT2D eigenvalue weighted by Gasteiger charge is 2.25. The Hall–Kier alpha value is -2.82. The number of carbonyl (C=O) groups excluding carboxylic acids is 2. The third kappa shape index (κ3) is 6.13. The zero-order valence-corrected chi connectivity index (χ0v) is 16.5. The summed E-state index contributed by atoms with van der Waals surface area (Å²) in [6.45, 7) is 7.37. The van der Waals surface area contributed by atoms with Gasteiger partial charge in [-0.2, -0.15) is 0 Å². The van der Waals surface area contributed by atoms with Crippen LogP contribution in [0.25, 0.3) is 11.1 Å². The van der Waals surface area contributed by atoms with Crippen LogP contribution in [0.2, 0.25) is 0 Å². The van der Waals surface area contributed by atoms with Crippen LogP contribution in [-0.4, -0.2) is 30.8 Å². The molecule has 2 aromatic carbocycles. The molecule has 1 amide bonds. The Kier molecular flexibility index (Phi) is 6.61. The molecule has 5 heteroatoms. The van der Waals surface area contributed by atoms with Gasteiger partial charge in [-0.25, -0.2) is 9.59 Å². The summed E-state index contributed by atoms with van der Waals surface area (Å²) in [5, 5.41) is 2.59. The van der Waals surface area contributed by atoms with Crippen molar-refractivity contribution in [2.75, 3.05) is 7.11 Å². The van der Waals surface area contributed by atoms with Gasteiger partial charge in [-0.1, -0.05) is 48.5 Å². The first kappa shape index (κ1) is 20.5. The zero-order valence-electron chi connectivity index (χ0n) is 16.5. The fourth-order valence-electron chi connectivity index (χ4n) is 2.74. The number of carbonyl (C=O) groups is 2. The maximum Gasteiger partial charge on any atom is 0.408 e. The molecule has 144 valence electrons. The van der Waals surface area contributed by atoms with Gasteiger partial charge in [0.05, 0.1) is 7.11 Å². The van der Waals surface area contributed by atoms with Crippen molar-refractivity contribution < 1.29 is 19.1 Å². The van der Waals surface area contributed by atoms with E-state index in [1.165, 1.54) is 18.2 Å². The molecule has 27 heavy (non-hydrogen) atoms. The van der Waals surface area contributed by atoms with Gasteiger partial charge in [0.1, 0.15) is 11.6 Å².